The number of aromatic nitrogens is 2. The van der Waals surface area contributed by atoms with Crippen molar-refractivity contribution in [1.29, 1.82) is 0 Å². The molecule has 3 rings (SSSR count). The van der Waals surface area contributed by atoms with E-state index < -0.39 is 0 Å². The molecule has 0 unspecified atom stereocenters. The van der Waals surface area contributed by atoms with Gasteiger partial charge in [-0.2, -0.15) is 0 Å². The van der Waals surface area contributed by atoms with Crippen molar-refractivity contribution in [2.45, 2.75) is 6.54 Å². The summed E-state index contributed by atoms with van der Waals surface area (Å²) in [5, 5.41) is 16.9. The molecule has 110 valence electrons. The number of benzene rings is 1. The summed E-state index contributed by atoms with van der Waals surface area (Å²) < 4.78 is 0. The van der Waals surface area contributed by atoms with Gasteiger partial charge in [-0.3, -0.25) is 15.1 Å². The molecule has 2 heterocycles. The van der Waals surface area contributed by atoms with Crippen molar-refractivity contribution < 1.29 is 4.92 Å². The van der Waals surface area contributed by atoms with E-state index in [-0.39, 0.29) is 10.6 Å². The lowest BCUT2D eigenvalue weighted by Crippen LogP contribution is -2.03. The zero-order chi connectivity index (χ0) is 15.4. The molecule has 2 aromatic heterocycles. The zero-order valence-electron chi connectivity index (χ0n) is 11.5. The van der Waals surface area contributed by atoms with Gasteiger partial charge in [-0.25, -0.2) is 4.98 Å². The monoisotopic (exact) mass is 312 g/mol. The van der Waals surface area contributed by atoms with Crippen LogP contribution in [0.3, 0.4) is 0 Å². The van der Waals surface area contributed by atoms with Crippen LogP contribution in [0.15, 0.2) is 54.2 Å². The minimum Gasteiger partial charge on any atom is -0.365 e. The Balaban J connectivity index is 1.73. The molecule has 0 radical (unpaired) electrons. The fourth-order valence-corrected chi connectivity index (χ4v) is 2.79. The third-order valence-electron chi connectivity index (χ3n) is 3.08. The van der Waals surface area contributed by atoms with Crippen LogP contribution in [-0.4, -0.2) is 14.9 Å². The fraction of sp³-hybridized carbons (Fsp3) is 0.0667. The Morgan fingerprint density at radius 3 is 2.73 bits per heavy atom. The molecule has 0 aliphatic rings. The van der Waals surface area contributed by atoms with Crippen molar-refractivity contribution in [3.8, 4) is 10.6 Å². The van der Waals surface area contributed by atoms with E-state index in [1.54, 1.807) is 30.6 Å². The lowest BCUT2D eigenvalue weighted by Gasteiger charge is -2.04. The molecular formula is C15H12N4O2S. The summed E-state index contributed by atoms with van der Waals surface area (Å²) in [7, 11) is 0. The molecule has 0 saturated heterocycles. The first-order chi connectivity index (χ1) is 10.7. The highest BCUT2D eigenvalue weighted by molar-refractivity contribution is 7.13. The second-order valence-corrected chi connectivity index (χ2v) is 5.37. The summed E-state index contributed by atoms with van der Waals surface area (Å²) >= 11 is 1.51. The molecule has 0 aliphatic carbocycles. The van der Waals surface area contributed by atoms with Gasteiger partial charge in [0.25, 0.3) is 5.69 Å². The van der Waals surface area contributed by atoms with E-state index in [0.717, 1.165) is 10.6 Å². The molecule has 3 aromatic rings. The summed E-state index contributed by atoms with van der Waals surface area (Å²) in [6.07, 6.45) is 3.44. The third kappa shape index (κ3) is 3.09. The fourth-order valence-electron chi connectivity index (χ4n) is 2.01. The first-order valence-corrected chi connectivity index (χ1v) is 7.44. The van der Waals surface area contributed by atoms with Gasteiger partial charge in [-0.05, 0) is 12.1 Å². The number of nitrogens with one attached hydrogen (secondary N) is 1. The predicted molar refractivity (Wildman–Crippen MR) is 85.8 cm³/mol. The van der Waals surface area contributed by atoms with E-state index in [0.29, 0.717) is 17.9 Å². The Labute approximate surface area is 130 Å². The largest absolute Gasteiger partial charge is 0.365 e. The van der Waals surface area contributed by atoms with E-state index >= 15 is 0 Å². The molecule has 1 N–H and O–H groups in total. The first kappa shape index (κ1) is 14.2. The van der Waals surface area contributed by atoms with Gasteiger partial charge in [0.15, 0.2) is 0 Å². The van der Waals surface area contributed by atoms with Gasteiger partial charge in [0.05, 0.1) is 4.92 Å². The Morgan fingerprint density at radius 2 is 1.95 bits per heavy atom. The van der Waals surface area contributed by atoms with Crippen LogP contribution in [0.25, 0.3) is 10.6 Å². The standard InChI is InChI=1S/C15H12N4O2S/c20-19(21)13-4-2-1-3-12(13)9-17-14-10-22-15(18-14)11-5-7-16-8-6-11/h1-8,10,17H,9H2. The smallest absolute Gasteiger partial charge is 0.274 e. The van der Waals surface area contributed by atoms with Crippen molar-refractivity contribution in [2.75, 3.05) is 5.32 Å². The molecule has 1 aromatic carbocycles. The number of hydrogen-bond donors (Lipinski definition) is 1. The quantitative estimate of drug-likeness (QED) is 0.573. The lowest BCUT2D eigenvalue weighted by molar-refractivity contribution is -0.385. The maximum atomic E-state index is 11.0. The predicted octanol–water partition coefficient (Wildman–Crippen LogP) is 3.73. The van der Waals surface area contributed by atoms with E-state index in [2.05, 4.69) is 15.3 Å². The van der Waals surface area contributed by atoms with Crippen LogP contribution in [0.1, 0.15) is 5.56 Å². The van der Waals surface area contributed by atoms with Crippen molar-refractivity contribution in [1.82, 2.24) is 9.97 Å². The number of pyridine rings is 1. The topological polar surface area (TPSA) is 81.0 Å². The number of nitrogens with zero attached hydrogens (tertiary/aromatic N) is 3. The highest BCUT2D eigenvalue weighted by Gasteiger charge is 2.12. The molecule has 22 heavy (non-hydrogen) atoms. The van der Waals surface area contributed by atoms with E-state index in [9.17, 15) is 10.1 Å². The second-order valence-electron chi connectivity index (χ2n) is 4.51. The van der Waals surface area contributed by atoms with Crippen LogP contribution in [-0.2, 0) is 6.54 Å². The van der Waals surface area contributed by atoms with Gasteiger partial charge in [0, 0.05) is 41.5 Å². The molecule has 0 atom stereocenters. The lowest BCUT2D eigenvalue weighted by atomic mass is 10.2. The summed E-state index contributed by atoms with van der Waals surface area (Å²) in [5.74, 6) is 0.704. The number of thiazole rings is 1. The third-order valence-corrected chi connectivity index (χ3v) is 3.97. The van der Waals surface area contributed by atoms with Gasteiger partial charge in [-0.15, -0.1) is 11.3 Å². The Hall–Kier alpha value is -2.80. The normalized spacial score (nSPS) is 10.4. The Bertz CT molecular complexity index is 789. The maximum absolute atomic E-state index is 11.0. The van der Waals surface area contributed by atoms with Crippen LogP contribution in [0, 0.1) is 10.1 Å². The first-order valence-electron chi connectivity index (χ1n) is 6.56. The molecule has 0 saturated carbocycles. The molecule has 0 aliphatic heterocycles. The summed E-state index contributed by atoms with van der Waals surface area (Å²) in [5.41, 5.74) is 1.74. The molecule has 0 fully saturated rings. The number of rotatable bonds is 5. The number of anilines is 1. The molecule has 0 spiro atoms. The van der Waals surface area contributed by atoms with Crippen molar-refractivity contribution >= 4 is 22.8 Å². The van der Waals surface area contributed by atoms with Crippen molar-refractivity contribution in [2.24, 2.45) is 0 Å². The van der Waals surface area contributed by atoms with Crippen LogP contribution < -0.4 is 5.32 Å². The van der Waals surface area contributed by atoms with Crippen molar-refractivity contribution in [3.63, 3.8) is 0 Å². The molecule has 6 nitrogen and oxygen atoms in total. The molecule has 7 heteroatoms. The van der Waals surface area contributed by atoms with Crippen LogP contribution in [0.4, 0.5) is 11.5 Å². The average molecular weight is 312 g/mol. The van der Waals surface area contributed by atoms with Gasteiger partial charge >= 0.3 is 0 Å². The minimum atomic E-state index is -0.375. The van der Waals surface area contributed by atoms with Gasteiger partial charge in [0.1, 0.15) is 10.8 Å². The van der Waals surface area contributed by atoms with Crippen LogP contribution in [0.2, 0.25) is 0 Å². The number of para-hydroxylation sites is 1. The molecule has 0 amide bonds. The number of nitro groups is 1. The van der Waals surface area contributed by atoms with Gasteiger partial charge < -0.3 is 5.32 Å². The Morgan fingerprint density at radius 1 is 1.18 bits per heavy atom. The average Bonchev–Trinajstić information content (AvgIpc) is 3.03. The van der Waals surface area contributed by atoms with Crippen LogP contribution >= 0.6 is 11.3 Å². The molecule has 0 bridgehead atoms. The SMILES string of the molecule is O=[N+]([O-])c1ccccc1CNc1csc(-c2ccncc2)n1. The highest BCUT2D eigenvalue weighted by Crippen LogP contribution is 2.26. The maximum Gasteiger partial charge on any atom is 0.274 e. The number of hydrogen-bond acceptors (Lipinski definition) is 6. The van der Waals surface area contributed by atoms with Crippen molar-refractivity contribution in [3.05, 3.63) is 69.8 Å². The summed E-state index contributed by atoms with van der Waals surface area (Å²) in [6.45, 7) is 0.358. The molecular weight excluding hydrogens is 300 g/mol. The van der Waals surface area contributed by atoms with E-state index in [1.807, 2.05) is 17.5 Å². The zero-order valence-corrected chi connectivity index (χ0v) is 12.3. The minimum absolute atomic E-state index is 0.111. The summed E-state index contributed by atoms with van der Waals surface area (Å²) in [6, 6.07) is 10.5. The Kier molecular flexibility index (Phi) is 4.06. The van der Waals surface area contributed by atoms with E-state index in [1.165, 1.54) is 17.4 Å². The van der Waals surface area contributed by atoms with Gasteiger partial charge in [0.2, 0.25) is 0 Å². The van der Waals surface area contributed by atoms with Crippen LogP contribution in [0.5, 0.6) is 0 Å². The highest BCUT2D eigenvalue weighted by atomic mass is 32.1. The van der Waals surface area contributed by atoms with E-state index in [4.69, 9.17) is 0 Å². The summed E-state index contributed by atoms with van der Waals surface area (Å²) in [4.78, 5) is 19.1. The van der Waals surface area contributed by atoms with Gasteiger partial charge in [-0.1, -0.05) is 18.2 Å². The number of nitro benzene ring substituents is 1. The second kappa shape index (κ2) is 6.31.